The number of rotatable bonds is 2. The van der Waals surface area contributed by atoms with Crippen molar-refractivity contribution in [2.45, 2.75) is 16.7 Å². The van der Waals surface area contributed by atoms with E-state index in [0.717, 1.165) is 10.9 Å². The molecule has 0 radical (unpaired) electrons. The van der Waals surface area contributed by atoms with Crippen molar-refractivity contribution in [1.82, 2.24) is 4.31 Å². The number of hydrogen-bond donors (Lipinski definition) is 0. The maximum atomic E-state index is 12.1. The highest BCUT2D eigenvalue weighted by Crippen LogP contribution is 2.24. The standard InChI is InChI=1S/C10H11BrClNO2S/c11-8-1-3-10(4-2-8)16(14,15)13-6-5-9(12)7-13/h1-4,9H,5-7H2. The third kappa shape index (κ3) is 2.42. The molecule has 1 aromatic rings. The molecular weight excluding hydrogens is 314 g/mol. The van der Waals surface area contributed by atoms with Gasteiger partial charge in [0.2, 0.25) is 10.0 Å². The minimum absolute atomic E-state index is 0.0646. The summed E-state index contributed by atoms with van der Waals surface area (Å²) < 4.78 is 26.6. The molecule has 1 atom stereocenters. The van der Waals surface area contributed by atoms with Gasteiger partial charge < -0.3 is 0 Å². The van der Waals surface area contributed by atoms with Crippen molar-refractivity contribution in [3.05, 3.63) is 28.7 Å². The highest BCUT2D eigenvalue weighted by atomic mass is 79.9. The molecule has 6 heteroatoms. The first kappa shape index (κ1) is 12.4. The molecule has 0 aliphatic carbocycles. The van der Waals surface area contributed by atoms with Crippen LogP contribution >= 0.6 is 27.5 Å². The van der Waals surface area contributed by atoms with Crippen LogP contribution in [0, 0.1) is 0 Å². The van der Waals surface area contributed by atoms with E-state index in [1.54, 1.807) is 24.3 Å². The summed E-state index contributed by atoms with van der Waals surface area (Å²) in [6.45, 7) is 0.909. The minimum atomic E-state index is -3.36. The molecule has 0 saturated carbocycles. The van der Waals surface area contributed by atoms with Crippen LogP contribution in [0.4, 0.5) is 0 Å². The summed E-state index contributed by atoms with van der Waals surface area (Å²) >= 11 is 9.19. The van der Waals surface area contributed by atoms with Gasteiger partial charge in [0.25, 0.3) is 0 Å². The first-order valence-corrected chi connectivity index (χ1v) is 7.57. The van der Waals surface area contributed by atoms with Crippen LogP contribution in [0.2, 0.25) is 0 Å². The Hall–Kier alpha value is -0.100. The van der Waals surface area contributed by atoms with Gasteiger partial charge in [-0.1, -0.05) is 15.9 Å². The Kier molecular flexibility index (Phi) is 3.59. The van der Waals surface area contributed by atoms with Gasteiger partial charge in [0.15, 0.2) is 0 Å². The molecule has 1 heterocycles. The summed E-state index contributed by atoms with van der Waals surface area (Å²) in [5.41, 5.74) is 0. The van der Waals surface area contributed by atoms with Crippen LogP contribution in [-0.2, 0) is 10.0 Å². The van der Waals surface area contributed by atoms with Gasteiger partial charge in [-0.2, -0.15) is 4.31 Å². The molecule has 88 valence electrons. The van der Waals surface area contributed by atoms with E-state index in [9.17, 15) is 8.42 Å². The zero-order valence-corrected chi connectivity index (χ0v) is 11.6. The lowest BCUT2D eigenvalue weighted by molar-refractivity contribution is 0.478. The minimum Gasteiger partial charge on any atom is -0.207 e. The van der Waals surface area contributed by atoms with E-state index in [4.69, 9.17) is 11.6 Å². The molecule has 16 heavy (non-hydrogen) atoms. The Morgan fingerprint density at radius 3 is 2.44 bits per heavy atom. The molecule has 0 bridgehead atoms. The molecule has 1 aliphatic rings. The molecule has 1 saturated heterocycles. The Morgan fingerprint density at radius 2 is 1.94 bits per heavy atom. The van der Waals surface area contributed by atoms with Crippen LogP contribution in [0.15, 0.2) is 33.6 Å². The Balaban J connectivity index is 2.29. The van der Waals surface area contributed by atoms with Crippen LogP contribution in [0.25, 0.3) is 0 Å². The third-order valence-electron chi connectivity index (χ3n) is 2.54. The molecule has 1 fully saturated rings. The van der Waals surface area contributed by atoms with Gasteiger partial charge in [-0.05, 0) is 30.7 Å². The van der Waals surface area contributed by atoms with Gasteiger partial charge in [0.1, 0.15) is 0 Å². The van der Waals surface area contributed by atoms with Crippen LogP contribution in [0.1, 0.15) is 6.42 Å². The fraction of sp³-hybridized carbons (Fsp3) is 0.400. The molecule has 1 aromatic carbocycles. The lowest BCUT2D eigenvalue weighted by Gasteiger charge is -2.15. The van der Waals surface area contributed by atoms with Crippen molar-refractivity contribution in [1.29, 1.82) is 0 Å². The third-order valence-corrected chi connectivity index (χ3v) is 5.31. The van der Waals surface area contributed by atoms with Gasteiger partial charge in [-0.15, -0.1) is 11.6 Å². The number of sulfonamides is 1. The largest absolute Gasteiger partial charge is 0.243 e. The summed E-state index contributed by atoms with van der Waals surface area (Å²) in [6, 6.07) is 6.64. The van der Waals surface area contributed by atoms with Crippen LogP contribution in [0.5, 0.6) is 0 Å². The first-order valence-electron chi connectivity index (χ1n) is 4.90. The number of benzene rings is 1. The summed E-state index contributed by atoms with van der Waals surface area (Å²) in [6.07, 6.45) is 0.720. The zero-order valence-electron chi connectivity index (χ0n) is 8.44. The van der Waals surface area contributed by atoms with Crippen molar-refractivity contribution in [2.75, 3.05) is 13.1 Å². The average molecular weight is 325 g/mol. The summed E-state index contributed by atoms with van der Waals surface area (Å²) in [4.78, 5) is 0.321. The SMILES string of the molecule is O=S(=O)(c1ccc(Br)cc1)N1CCC(Cl)C1. The topological polar surface area (TPSA) is 37.4 Å². The fourth-order valence-electron chi connectivity index (χ4n) is 1.66. The van der Waals surface area contributed by atoms with Gasteiger partial charge in [0, 0.05) is 22.9 Å². The normalized spacial score (nSPS) is 22.5. The smallest absolute Gasteiger partial charge is 0.207 e. The van der Waals surface area contributed by atoms with Crippen molar-refractivity contribution < 1.29 is 8.42 Å². The highest BCUT2D eigenvalue weighted by molar-refractivity contribution is 9.10. The summed E-state index contributed by atoms with van der Waals surface area (Å²) in [5, 5.41) is -0.0646. The summed E-state index contributed by atoms with van der Waals surface area (Å²) in [5.74, 6) is 0. The van der Waals surface area contributed by atoms with Gasteiger partial charge in [-0.25, -0.2) is 8.42 Å². The second-order valence-corrected chi connectivity index (χ2v) is 7.17. The maximum Gasteiger partial charge on any atom is 0.243 e. The van der Waals surface area contributed by atoms with E-state index < -0.39 is 10.0 Å². The highest BCUT2D eigenvalue weighted by Gasteiger charge is 2.31. The van der Waals surface area contributed by atoms with Crippen LogP contribution in [-0.4, -0.2) is 31.2 Å². The molecular formula is C10H11BrClNO2S. The monoisotopic (exact) mass is 323 g/mol. The lowest BCUT2D eigenvalue weighted by atomic mass is 10.4. The molecule has 1 aliphatic heterocycles. The van der Waals surface area contributed by atoms with Crippen LogP contribution in [0.3, 0.4) is 0 Å². The Morgan fingerprint density at radius 1 is 1.31 bits per heavy atom. The van der Waals surface area contributed by atoms with E-state index in [2.05, 4.69) is 15.9 Å². The molecule has 3 nitrogen and oxygen atoms in total. The fourth-order valence-corrected chi connectivity index (χ4v) is 3.77. The number of halogens is 2. The number of hydrogen-bond acceptors (Lipinski definition) is 2. The van der Waals surface area contributed by atoms with Crippen molar-refractivity contribution in [3.8, 4) is 0 Å². The van der Waals surface area contributed by atoms with E-state index in [-0.39, 0.29) is 5.38 Å². The lowest BCUT2D eigenvalue weighted by Crippen LogP contribution is -2.28. The molecule has 0 N–H and O–H groups in total. The van der Waals surface area contributed by atoms with E-state index in [0.29, 0.717) is 18.0 Å². The van der Waals surface area contributed by atoms with E-state index >= 15 is 0 Å². The Bertz CT molecular complexity index is 474. The zero-order chi connectivity index (χ0) is 11.8. The van der Waals surface area contributed by atoms with E-state index in [1.807, 2.05) is 0 Å². The average Bonchev–Trinajstić information content (AvgIpc) is 2.66. The molecule has 0 aromatic heterocycles. The second kappa shape index (κ2) is 4.64. The predicted octanol–water partition coefficient (Wildman–Crippen LogP) is 2.45. The first-order chi connectivity index (χ1) is 7.50. The Labute approximate surface area is 109 Å². The van der Waals surface area contributed by atoms with Gasteiger partial charge >= 0.3 is 0 Å². The van der Waals surface area contributed by atoms with Crippen molar-refractivity contribution in [2.24, 2.45) is 0 Å². The predicted molar refractivity (Wildman–Crippen MR) is 67.2 cm³/mol. The van der Waals surface area contributed by atoms with E-state index in [1.165, 1.54) is 4.31 Å². The van der Waals surface area contributed by atoms with Gasteiger partial charge in [0.05, 0.1) is 4.90 Å². The maximum absolute atomic E-state index is 12.1. The number of alkyl halides is 1. The number of nitrogens with zero attached hydrogens (tertiary/aromatic N) is 1. The van der Waals surface area contributed by atoms with Crippen molar-refractivity contribution in [3.63, 3.8) is 0 Å². The second-order valence-electron chi connectivity index (χ2n) is 3.70. The molecule has 0 amide bonds. The quantitative estimate of drug-likeness (QED) is 0.784. The summed E-state index contributed by atoms with van der Waals surface area (Å²) in [7, 11) is -3.36. The van der Waals surface area contributed by atoms with Crippen molar-refractivity contribution >= 4 is 37.6 Å². The molecule has 1 unspecified atom stereocenters. The molecule has 2 rings (SSSR count). The van der Waals surface area contributed by atoms with Gasteiger partial charge in [-0.3, -0.25) is 0 Å². The molecule has 0 spiro atoms. The van der Waals surface area contributed by atoms with Crippen LogP contribution < -0.4 is 0 Å².